The first-order valence-electron chi connectivity index (χ1n) is 17.9. The summed E-state index contributed by atoms with van der Waals surface area (Å²) in [6.07, 6.45) is 3.69. The maximum atomic E-state index is 12.3. The Kier molecular flexibility index (Phi) is 14.7. The molecule has 2 aromatic rings. The highest BCUT2D eigenvalue weighted by Gasteiger charge is 2.41. The Morgan fingerprint density at radius 1 is 0.549 bits per heavy atom. The van der Waals surface area contributed by atoms with Gasteiger partial charge in [-0.25, -0.2) is 29.1 Å². The van der Waals surface area contributed by atoms with Crippen LogP contribution in [0.25, 0.3) is 0 Å². The highest BCUT2D eigenvalue weighted by Crippen LogP contribution is 2.49. The molecule has 2 saturated carbocycles. The largest absolute Gasteiger partial charge is 0.550 e. The van der Waals surface area contributed by atoms with Gasteiger partial charge in [-0.2, -0.15) is 9.59 Å². The molecule has 4 rings (SSSR count). The molecule has 0 spiro atoms. The van der Waals surface area contributed by atoms with Crippen molar-refractivity contribution in [1.29, 1.82) is 0 Å². The Hall–Kier alpha value is -4.17. The van der Waals surface area contributed by atoms with Crippen molar-refractivity contribution >= 4 is 53.7 Å². The molecule has 2 aliphatic rings. The van der Waals surface area contributed by atoms with E-state index in [9.17, 15) is 19.2 Å². The minimum atomic E-state index is -1.02. The van der Waals surface area contributed by atoms with Crippen molar-refractivity contribution in [3.05, 3.63) is 82.2 Å². The molecule has 0 aromatic heterocycles. The van der Waals surface area contributed by atoms with Gasteiger partial charge in [-0.15, -0.1) is 0 Å². The Labute approximate surface area is 305 Å². The van der Waals surface area contributed by atoms with Gasteiger partial charge in [0.1, 0.15) is 12.2 Å². The number of ether oxygens (including phenoxy) is 2. The number of allylic oxidation sites excluding steroid dienone is 2. The van der Waals surface area contributed by atoms with Crippen molar-refractivity contribution in [3.8, 4) is 0 Å². The molecular weight excluding hydrogens is 685 g/mol. The number of carbonyl (C=O) groups excluding carboxylic acids is 4. The summed E-state index contributed by atoms with van der Waals surface area (Å²) >= 11 is 0. The maximum Gasteiger partial charge on any atom is 0.550 e. The summed E-state index contributed by atoms with van der Waals surface area (Å²) in [5.41, 5.74) is 7.67. The van der Waals surface area contributed by atoms with Crippen LogP contribution in [0.5, 0.6) is 0 Å². The lowest BCUT2D eigenvalue weighted by atomic mass is 9.60. The molecule has 0 amide bonds. The zero-order valence-electron chi connectivity index (χ0n) is 30.7. The van der Waals surface area contributed by atoms with Crippen LogP contribution >= 0.6 is 0 Å². The Balaban J connectivity index is 1.11. The lowest BCUT2D eigenvalue weighted by Crippen LogP contribution is -2.39. The zero-order chi connectivity index (χ0) is 37.0. The van der Waals surface area contributed by atoms with Crippen molar-refractivity contribution in [1.82, 2.24) is 0 Å². The van der Waals surface area contributed by atoms with Crippen molar-refractivity contribution < 1.29 is 48.2 Å². The third-order valence-corrected chi connectivity index (χ3v) is 14.1. The van der Waals surface area contributed by atoms with Crippen LogP contribution in [0.15, 0.2) is 71.1 Å². The van der Waals surface area contributed by atoms with Crippen LogP contribution in [0.2, 0.25) is 0 Å². The Morgan fingerprint density at radius 2 is 0.882 bits per heavy atom. The summed E-state index contributed by atoms with van der Waals surface area (Å²) in [6, 6.07) is 14.3. The lowest BCUT2D eigenvalue weighted by molar-refractivity contribution is -0.209. The second kappa shape index (κ2) is 18.9. The van der Waals surface area contributed by atoms with E-state index in [0.29, 0.717) is 48.6 Å². The Morgan fingerprint density at radius 3 is 1.20 bits per heavy atom. The molecule has 0 radical (unpaired) electrons. The smallest absolute Gasteiger partial charge is 0.428 e. The van der Waals surface area contributed by atoms with Crippen LogP contribution in [0.3, 0.4) is 0 Å². The van der Waals surface area contributed by atoms with Crippen LogP contribution in [0.1, 0.15) is 114 Å². The highest BCUT2D eigenvalue weighted by molar-refractivity contribution is 6.59. The van der Waals surface area contributed by atoms with Gasteiger partial charge >= 0.3 is 24.2 Å². The topological polar surface area (TPSA) is 124 Å². The van der Waals surface area contributed by atoms with E-state index in [1.54, 1.807) is 24.3 Å². The summed E-state index contributed by atoms with van der Waals surface area (Å²) in [6.45, 7) is 12.8. The van der Waals surface area contributed by atoms with Gasteiger partial charge in [-0.3, -0.25) is 0 Å². The molecule has 0 aliphatic heterocycles. The van der Waals surface area contributed by atoms with E-state index in [4.69, 9.17) is 19.2 Å². The zero-order valence-corrected chi connectivity index (χ0v) is 33.6. The monoisotopic (exact) mass is 736 g/mol. The normalized spacial score (nSPS) is 20.7. The summed E-state index contributed by atoms with van der Waals surface area (Å²) < 4.78 is 10.9. The van der Waals surface area contributed by atoms with Gasteiger partial charge in [0, 0.05) is 0 Å². The van der Waals surface area contributed by atoms with Crippen LogP contribution in [-0.2, 0) is 29.0 Å². The molecule has 2 aromatic carbocycles. The molecule has 0 unspecified atom stereocenters. The minimum Gasteiger partial charge on any atom is -0.428 e. The van der Waals surface area contributed by atoms with Crippen LogP contribution in [-0.4, -0.2) is 55.5 Å². The fourth-order valence-corrected chi connectivity index (χ4v) is 9.24. The molecule has 0 heterocycles. The SMILES string of the molecule is CC(C)=C[SiH2]c1ccc(C(=O)OOC(=O)OC2CCC(C(C)(C)C3CCC(OC(=O)OOC(=O)c4ccc([SiH2]C=C(C)C)cc4)CC3)CC2)cc1. The van der Waals surface area contributed by atoms with E-state index >= 15 is 0 Å². The fraction of sp³-hybridized carbons (Fsp3) is 0.487. The van der Waals surface area contributed by atoms with Gasteiger partial charge in [0.25, 0.3) is 0 Å². The summed E-state index contributed by atoms with van der Waals surface area (Å²) in [4.78, 5) is 68.1. The van der Waals surface area contributed by atoms with Gasteiger partial charge < -0.3 is 9.47 Å². The molecule has 2 aliphatic carbocycles. The number of hydrogen-bond acceptors (Lipinski definition) is 10. The molecule has 0 saturated heterocycles. The number of rotatable bonds is 10. The molecule has 51 heavy (non-hydrogen) atoms. The van der Waals surface area contributed by atoms with Gasteiger partial charge in [0.2, 0.25) is 0 Å². The second-order valence-corrected chi connectivity index (χ2v) is 18.0. The second-order valence-electron chi connectivity index (χ2n) is 14.8. The van der Waals surface area contributed by atoms with Crippen molar-refractivity contribution in [2.45, 2.75) is 105 Å². The first-order chi connectivity index (χ1) is 24.3. The summed E-state index contributed by atoms with van der Waals surface area (Å²) in [5, 5.41) is 2.39. The van der Waals surface area contributed by atoms with Crippen molar-refractivity contribution in [3.63, 3.8) is 0 Å². The lowest BCUT2D eigenvalue weighted by Gasteiger charge is -2.46. The minimum absolute atomic E-state index is 0.0371. The van der Waals surface area contributed by atoms with E-state index in [0.717, 1.165) is 25.7 Å². The van der Waals surface area contributed by atoms with Crippen LogP contribution in [0, 0.1) is 17.3 Å². The van der Waals surface area contributed by atoms with Gasteiger partial charge in [-0.1, -0.05) is 71.0 Å². The summed E-state index contributed by atoms with van der Waals surface area (Å²) in [7, 11) is -1.06. The van der Waals surface area contributed by atoms with Gasteiger partial charge in [0.15, 0.2) is 0 Å². The van der Waals surface area contributed by atoms with Crippen molar-refractivity contribution in [2.24, 2.45) is 17.3 Å². The maximum absolute atomic E-state index is 12.3. The first kappa shape index (κ1) is 39.6. The molecule has 0 bridgehead atoms. The quantitative estimate of drug-likeness (QED) is 0.117. The van der Waals surface area contributed by atoms with E-state index in [2.05, 4.69) is 62.7 Å². The Bertz CT molecular complexity index is 1430. The highest BCUT2D eigenvalue weighted by atomic mass is 28.2. The number of benzene rings is 2. The average Bonchev–Trinajstić information content (AvgIpc) is 3.12. The standard InChI is InChI=1S/C39H52O10Si2/c1-25(2)23-50-33-19-7-27(8-20-33)35(40)46-48-37(42)44-31-15-11-29(12-16-31)39(5,6)30-13-17-32(18-14-30)45-38(43)49-47-36(41)28-9-21-34(22-10-28)51-24-26(3)4/h7-10,19-24,29-32H,11-18,50-51H2,1-6H3. The molecule has 0 atom stereocenters. The number of hydrogen-bond donors (Lipinski definition) is 0. The molecule has 276 valence electrons. The van der Waals surface area contributed by atoms with Gasteiger partial charge in [-0.05, 0) is 121 Å². The molecule has 0 N–H and O–H groups in total. The predicted octanol–water partition coefficient (Wildman–Crippen LogP) is 6.42. The van der Waals surface area contributed by atoms with E-state index in [1.807, 2.05) is 24.3 Å². The van der Waals surface area contributed by atoms with E-state index in [-0.39, 0.29) is 17.6 Å². The van der Waals surface area contributed by atoms with E-state index < -0.39 is 43.3 Å². The average molecular weight is 737 g/mol. The summed E-state index contributed by atoms with van der Waals surface area (Å²) in [5.74, 6) is -0.627. The van der Waals surface area contributed by atoms with Crippen molar-refractivity contribution in [2.75, 3.05) is 0 Å². The predicted molar refractivity (Wildman–Crippen MR) is 199 cm³/mol. The molecule has 10 nitrogen and oxygen atoms in total. The molecule has 12 heteroatoms. The third-order valence-electron chi connectivity index (χ3n) is 10.2. The number of carbonyl (C=O) groups is 4. The van der Waals surface area contributed by atoms with Crippen LogP contribution < -0.4 is 10.4 Å². The third kappa shape index (κ3) is 12.5. The van der Waals surface area contributed by atoms with Gasteiger partial charge in [0.05, 0.1) is 30.2 Å². The van der Waals surface area contributed by atoms with E-state index in [1.165, 1.54) is 21.5 Å². The fourth-order valence-electron chi connectivity index (χ4n) is 6.93. The molecular formula is C39H52O10Si2. The van der Waals surface area contributed by atoms with Crippen LogP contribution in [0.4, 0.5) is 9.59 Å². The first-order valence-corrected chi connectivity index (χ1v) is 21.0. The molecule has 2 fully saturated rings.